The van der Waals surface area contributed by atoms with E-state index in [0.29, 0.717) is 21.7 Å². The van der Waals surface area contributed by atoms with Crippen molar-refractivity contribution in [3.63, 3.8) is 0 Å². The molecule has 3 aromatic carbocycles. The van der Waals surface area contributed by atoms with Gasteiger partial charge in [-0.05, 0) is 0 Å². The predicted octanol–water partition coefficient (Wildman–Crippen LogP) is 0.636. The summed E-state index contributed by atoms with van der Waals surface area (Å²) in [6, 6.07) is 24.7. The molecule has 0 fully saturated rings. The Hall–Kier alpha value is -1.41. The molecular weight excluding hydrogens is 338 g/mol. The van der Waals surface area contributed by atoms with Crippen LogP contribution in [0, 0.1) is 0 Å². The fourth-order valence-electron chi connectivity index (χ4n) is 3.33. The summed E-state index contributed by atoms with van der Waals surface area (Å²) < 4.78 is 3.10. The Kier molecular flexibility index (Phi) is 2.63. The molecule has 0 atom stereocenters. The van der Waals surface area contributed by atoms with Crippen LogP contribution >= 0.6 is 11.8 Å². The summed E-state index contributed by atoms with van der Waals surface area (Å²) in [5, 5.41) is 0. The Balaban J connectivity index is 1.88. The van der Waals surface area contributed by atoms with Crippen molar-refractivity contribution in [2.75, 3.05) is 0 Å². The average Bonchev–Trinajstić information content (AvgIpc) is 2.54. The molecule has 0 amide bonds. The average molecular weight is 349 g/mol. The van der Waals surface area contributed by atoms with E-state index in [1.165, 1.54) is 20.7 Å². The Morgan fingerprint density at radius 1 is 0.667 bits per heavy atom. The van der Waals surface area contributed by atoms with E-state index >= 15 is 0 Å². The number of rotatable bonds is 0. The summed E-state index contributed by atoms with van der Waals surface area (Å²) in [5.41, 5.74) is 4.57. The molecule has 2 aliphatic heterocycles. The number of hydrogen-bond acceptors (Lipinski definition) is 1. The molecule has 21 heavy (non-hydrogen) atoms. The second-order valence-corrected chi connectivity index (χ2v) is 8.74. The monoisotopic (exact) mass is 350 g/mol. The molecule has 2 aliphatic rings. The van der Waals surface area contributed by atoms with Gasteiger partial charge in [-0.1, -0.05) is 0 Å². The van der Waals surface area contributed by atoms with Gasteiger partial charge in [-0.3, -0.25) is 0 Å². The van der Waals surface area contributed by atoms with Gasteiger partial charge in [0.25, 0.3) is 0 Å². The molecular formula is C18H11BSSe. The van der Waals surface area contributed by atoms with E-state index in [1.54, 1.807) is 14.4 Å². The molecule has 0 radical (unpaired) electrons. The Morgan fingerprint density at radius 3 is 2.33 bits per heavy atom. The van der Waals surface area contributed by atoms with Crippen molar-refractivity contribution in [3.05, 3.63) is 66.7 Å². The normalized spacial score (nSPS) is 14.2. The van der Waals surface area contributed by atoms with Gasteiger partial charge in [-0.25, -0.2) is 0 Å². The van der Waals surface area contributed by atoms with E-state index < -0.39 is 0 Å². The first-order valence-electron chi connectivity index (χ1n) is 7.08. The van der Waals surface area contributed by atoms with Crippen LogP contribution < -0.4 is 25.3 Å². The molecule has 0 N–H and O–H groups in total. The van der Waals surface area contributed by atoms with Crippen LogP contribution in [0.2, 0.25) is 0 Å². The van der Waals surface area contributed by atoms with Crippen molar-refractivity contribution in [1.82, 2.24) is 0 Å². The van der Waals surface area contributed by atoms with Crippen LogP contribution in [0.4, 0.5) is 0 Å². The standard InChI is InChI=1S/C18H11BSSe/c1-3-8-14-12(6-1)19-13-7-2-4-10-16(13)21-17-11-5-9-15(20-14)18(17)19/h1-11H. The van der Waals surface area contributed by atoms with Crippen molar-refractivity contribution in [2.45, 2.75) is 9.79 Å². The van der Waals surface area contributed by atoms with Crippen molar-refractivity contribution < 1.29 is 0 Å². The van der Waals surface area contributed by atoms with Crippen LogP contribution in [0.3, 0.4) is 0 Å². The predicted molar refractivity (Wildman–Crippen MR) is 93.1 cm³/mol. The maximum absolute atomic E-state index is 2.33. The topological polar surface area (TPSA) is 0 Å². The van der Waals surface area contributed by atoms with E-state index in [1.807, 2.05) is 11.8 Å². The van der Waals surface area contributed by atoms with Gasteiger partial charge in [0.05, 0.1) is 0 Å². The van der Waals surface area contributed by atoms with Gasteiger partial charge in [0.15, 0.2) is 0 Å². The van der Waals surface area contributed by atoms with Crippen molar-refractivity contribution >= 4 is 58.7 Å². The van der Waals surface area contributed by atoms with Crippen molar-refractivity contribution in [1.29, 1.82) is 0 Å². The summed E-state index contributed by atoms with van der Waals surface area (Å²) >= 11 is 2.37. The van der Waals surface area contributed by atoms with Crippen LogP contribution in [0.25, 0.3) is 0 Å². The Labute approximate surface area is 135 Å². The molecule has 0 unspecified atom stereocenters. The maximum atomic E-state index is 2.33. The molecule has 0 saturated heterocycles. The third kappa shape index (κ3) is 1.72. The van der Waals surface area contributed by atoms with Gasteiger partial charge < -0.3 is 0 Å². The fourth-order valence-corrected chi connectivity index (χ4v) is 7.10. The summed E-state index contributed by atoms with van der Waals surface area (Å²) in [4.78, 5) is 2.86. The molecule has 98 valence electrons. The Morgan fingerprint density at radius 2 is 1.38 bits per heavy atom. The molecule has 3 aromatic rings. The van der Waals surface area contributed by atoms with Crippen molar-refractivity contribution in [3.8, 4) is 0 Å². The van der Waals surface area contributed by atoms with Gasteiger partial charge in [-0.15, -0.1) is 0 Å². The van der Waals surface area contributed by atoms with Gasteiger partial charge in [-0.2, -0.15) is 0 Å². The zero-order valence-corrected chi connectivity index (χ0v) is 13.8. The zero-order valence-electron chi connectivity index (χ0n) is 11.2. The summed E-state index contributed by atoms with van der Waals surface area (Å²) in [6.45, 7) is 0.431. The SMILES string of the molecule is c1ccc2c(c1)Sc1cccc3c1B2c1ccccc1[Se]3. The Bertz CT molecular complexity index is 807. The number of benzene rings is 3. The molecule has 0 aliphatic carbocycles. The van der Waals surface area contributed by atoms with Crippen molar-refractivity contribution in [2.24, 2.45) is 0 Å². The number of fused-ring (bicyclic) bond motifs is 4. The van der Waals surface area contributed by atoms with Crippen LogP contribution in [0.15, 0.2) is 76.5 Å². The summed E-state index contributed by atoms with van der Waals surface area (Å²) in [5.74, 6) is 0. The van der Waals surface area contributed by atoms with Crippen LogP contribution in [0.1, 0.15) is 0 Å². The third-order valence-electron chi connectivity index (χ3n) is 4.21. The second-order valence-electron chi connectivity index (χ2n) is 5.38. The first-order valence-corrected chi connectivity index (χ1v) is 9.61. The first kappa shape index (κ1) is 12.2. The minimum absolute atomic E-state index is 0.431. The third-order valence-corrected chi connectivity index (χ3v) is 7.83. The molecule has 0 saturated carbocycles. The number of hydrogen-bond donors (Lipinski definition) is 0. The zero-order chi connectivity index (χ0) is 13.8. The second kappa shape index (κ2) is 4.54. The van der Waals surface area contributed by atoms with Gasteiger partial charge in [0, 0.05) is 0 Å². The van der Waals surface area contributed by atoms with E-state index in [2.05, 4.69) is 66.7 Å². The molecule has 3 heteroatoms. The van der Waals surface area contributed by atoms with Gasteiger partial charge in [0.1, 0.15) is 0 Å². The first-order chi connectivity index (χ1) is 10.4. The summed E-state index contributed by atoms with van der Waals surface area (Å²) in [7, 11) is 0. The molecule has 0 nitrogen and oxygen atoms in total. The fraction of sp³-hybridized carbons (Fsp3) is 0. The summed E-state index contributed by atoms with van der Waals surface area (Å²) in [6.07, 6.45) is 0. The minimum atomic E-state index is 0.431. The van der Waals surface area contributed by atoms with Crippen LogP contribution in [-0.4, -0.2) is 21.7 Å². The molecule has 5 rings (SSSR count). The van der Waals surface area contributed by atoms with E-state index in [-0.39, 0.29) is 0 Å². The van der Waals surface area contributed by atoms with Crippen LogP contribution in [-0.2, 0) is 0 Å². The van der Waals surface area contributed by atoms with Gasteiger partial charge in [0.2, 0.25) is 0 Å². The molecule has 0 bridgehead atoms. The van der Waals surface area contributed by atoms with E-state index in [4.69, 9.17) is 0 Å². The molecule has 0 aromatic heterocycles. The van der Waals surface area contributed by atoms with Crippen LogP contribution in [0.5, 0.6) is 0 Å². The van der Waals surface area contributed by atoms with Gasteiger partial charge >= 0.3 is 135 Å². The molecule has 0 spiro atoms. The van der Waals surface area contributed by atoms with E-state index in [9.17, 15) is 0 Å². The molecule has 2 heterocycles. The van der Waals surface area contributed by atoms with E-state index in [0.717, 1.165) is 0 Å². The quantitative estimate of drug-likeness (QED) is 0.370.